The van der Waals surface area contributed by atoms with Gasteiger partial charge < -0.3 is 13.6 Å². The molecule has 17 rings (SSSR count). The fourth-order valence-electron chi connectivity index (χ4n) is 12.9. The molecule has 0 aliphatic heterocycles. The van der Waals surface area contributed by atoms with Crippen LogP contribution in [-0.2, 0) is 0 Å². The summed E-state index contributed by atoms with van der Waals surface area (Å²) in [5, 5.41) is 4.31. The normalized spacial score (nSPS) is 11.4. The predicted molar refractivity (Wildman–Crippen MR) is 376 cm³/mol. The third kappa shape index (κ3) is 10.3. The van der Waals surface area contributed by atoms with E-state index in [0.29, 0.717) is 17.3 Å². The fourth-order valence-corrected chi connectivity index (χ4v) is 12.9. The summed E-state index contributed by atoms with van der Waals surface area (Å²) in [5.41, 5.74) is 24.1. The molecule has 0 fully saturated rings. The van der Waals surface area contributed by atoms with Gasteiger partial charge in [-0.05, 0) is 152 Å². The van der Waals surface area contributed by atoms with Crippen molar-refractivity contribution >= 4 is 43.9 Å². The molecule has 93 heavy (non-hydrogen) atoms. The summed E-state index contributed by atoms with van der Waals surface area (Å²) in [4.78, 5) is 25.0. The second kappa shape index (κ2) is 23.4. The molecule has 8 nitrogen and oxygen atoms in total. The highest BCUT2D eigenvalue weighted by Gasteiger charge is 2.20. The molecular formula is C85H53N5O3. The van der Waals surface area contributed by atoms with Crippen molar-refractivity contribution in [2.75, 3.05) is 0 Å². The van der Waals surface area contributed by atoms with Crippen LogP contribution in [0.1, 0.15) is 0 Å². The molecular weight excluding hydrogens is 1140 g/mol. The van der Waals surface area contributed by atoms with Crippen LogP contribution in [0.2, 0.25) is 0 Å². The lowest BCUT2D eigenvalue weighted by Gasteiger charge is -2.18. The number of para-hydroxylation sites is 4. The average Bonchev–Trinajstić information content (AvgIpc) is 1.79. The number of fused-ring (bicyclic) bond motifs is 6. The van der Waals surface area contributed by atoms with Gasteiger partial charge in [0.1, 0.15) is 33.8 Å². The molecule has 6 aromatic heterocycles. The molecule has 8 heteroatoms. The van der Waals surface area contributed by atoms with Crippen molar-refractivity contribution in [2.24, 2.45) is 0 Å². The molecule has 6 heterocycles. The molecule has 0 bridgehead atoms. The molecule has 0 unspecified atom stereocenters. The van der Waals surface area contributed by atoms with Crippen LogP contribution >= 0.6 is 0 Å². The molecule has 0 saturated carbocycles. The van der Waals surface area contributed by atoms with Gasteiger partial charge in [-0.1, -0.05) is 200 Å². The first-order valence-electron chi connectivity index (χ1n) is 31.0. The van der Waals surface area contributed by atoms with Crippen LogP contribution in [0.5, 0.6) is 11.5 Å². The van der Waals surface area contributed by atoms with E-state index in [-0.39, 0.29) is 0 Å². The van der Waals surface area contributed by atoms with Crippen LogP contribution in [-0.4, -0.2) is 24.9 Å². The van der Waals surface area contributed by atoms with E-state index in [1.165, 1.54) is 0 Å². The minimum atomic E-state index is 0.582. The average molecular weight is 1190 g/mol. The van der Waals surface area contributed by atoms with Crippen molar-refractivity contribution < 1.29 is 13.6 Å². The summed E-state index contributed by atoms with van der Waals surface area (Å²) >= 11 is 0. The fraction of sp³-hybridized carbons (Fsp3) is 0. The Kier molecular flexibility index (Phi) is 13.7. The SMILES string of the molecule is c1ccc(-c2ccnc(-c3cccc(Oc4cccc(-c5ncc(-c6ccccc6-c6cc(-c7ccccc7-c7ccc(-c8cccc9c8oc8ccccc89)nc7)cc(-c7ccccc7-c7ccc(-c8cccc9c8oc8ccccc89)nc7)c6)cn5)c4)c3)c2)cc1. The summed E-state index contributed by atoms with van der Waals surface area (Å²) in [6, 6.07) is 100. The first kappa shape index (κ1) is 54.5. The maximum Gasteiger partial charge on any atom is 0.159 e. The second-order valence-corrected chi connectivity index (χ2v) is 23.1. The van der Waals surface area contributed by atoms with E-state index in [4.69, 9.17) is 38.5 Å². The number of nitrogens with zero attached hydrogens (tertiary/aromatic N) is 5. The zero-order chi connectivity index (χ0) is 61.6. The van der Waals surface area contributed by atoms with Crippen molar-refractivity contribution in [1.29, 1.82) is 0 Å². The van der Waals surface area contributed by atoms with Crippen molar-refractivity contribution in [1.82, 2.24) is 24.9 Å². The molecule has 436 valence electrons. The number of pyridine rings is 3. The predicted octanol–water partition coefficient (Wildman–Crippen LogP) is 22.6. The van der Waals surface area contributed by atoms with Crippen molar-refractivity contribution in [3.8, 4) is 135 Å². The van der Waals surface area contributed by atoms with E-state index in [1.807, 2.05) is 134 Å². The largest absolute Gasteiger partial charge is 0.457 e. The zero-order valence-electron chi connectivity index (χ0n) is 50.1. The summed E-state index contributed by atoms with van der Waals surface area (Å²) in [5.74, 6) is 1.95. The van der Waals surface area contributed by atoms with Crippen LogP contribution < -0.4 is 4.74 Å². The van der Waals surface area contributed by atoms with Crippen LogP contribution in [0.25, 0.3) is 167 Å². The summed E-state index contributed by atoms with van der Waals surface area (Å²) in [7, 11) is 0. The minimum Gasteiger partial charge on any atom is -0.457 e. The number of hydrogen-bond donors (Lipinski definition) is 0. The number of benzene rings is 11. The van der Waals surface area contributed by atoms with E-state index in [2.05, 4.69) is 188 Å². The Balaban J connectivity index is 0.725. The van der Waals surface area contributed by atoms with Crippen LogP contribution in [0.4, 0.5) is 0 Å². The number of hydrogen-bond acceptors (Lipinski definition) is 8. The van der Waals surface area contributed by atoms with E-state index in [0.717, 1.165) is 161 Å². The number of furan rings is 2. The van der Waals surface area contributed by atoms with Crippen LogP contribution in [0, 0.1) is 0 Å². The molecule has 0 aliphatic rings. The smallest absolute Gasteiger partial charge is 0.159 e. The van der Waals surface area contributed by atoms with Gasteiger partial charge in [-0.25, -0.2) is 9.97 Å². The molecule has 11 aromatic carbocycles. The van der Waals surface area contributed by atoms with Crippen LogP contribution in [0.3, 0.4) is 0 Å². The molecule has 0 saturated heterocycles. The summed E-state index contributed by atoms with van der Waals surface area (Å²) in [6.07, 6.45) is 9.65. The van der Waals surface area contributed by atoms with E-state index >= 15 is 0 Å². The monoisotopic (exact) mass is 1190 g/mol. The van der Waals surface area contributed by atoms with Gasteiger partial charge in [0, 0.05) is 91.5 Å². The van der Waals surface area contributed by atoms with Crippen molar-refractivity contribution in [3.63, 3.8) is 0 Å². The Morgan fingerprint density at radius 1 is 0.226 bits per heavy atom. The lowest BCUT2D eigenvalue weighted by Crippen LogP contribution is -1.94. The Morgan fingerprint density at radius 3 is 1.15 bits per heavy atom. The van der Waals surface area contributed by atoms with Gasteiger partial charge in [0.15, 0.2) is 5.82 Å². The van der Waals surface area contributed by atoms with E-state index < -0.39 is 0 Å². The highest BCUT2D eigenvalue weighted by atomic mass is 16.5. The third-order valence-corrected chi connectivity index (χ3v) is 17.4. The molecule has 0 aliphatic carbocycles. The highest BCUT2D eigenvalue weighted by Crippen LogP contribution is 2.44. The number of ether oxygens (including phenoxy) is 1. The van der Waals surface area contributed by atoms with E-state index in [1.54, 1.807) is 0 Å². The maximum atomic E-state index is 6.51. The van der Waals surface area contributed by atoms with E-state index in [9.17, 15) is 0 Å². The lowest BCUT2D eigenvalue weighted by atomic mass is 9.86. The van der Waals surface area contributed by atoms with Gasteiger partial charge >= 0.3 is 0 Å². The second-order valence-electron chi connectivity index (χ2n) is 23.1. The van der Waals surface area contributed by atoms with Crippen molar-refractivity contribution in [3.05, 3.63) is 322 Å². The minimum absolute atomic E-state index is 0.582. The molecule has 0 spiro atoms. The molecule has 0 N–H and O–H groups in total. The Morgan fingerprint density at radius 2 is 0.634 bits per heavy atom. The number of rotatable bonds is 13. The standard InChI is InChI=1S/C85H53N5O3/c1-2-18-54(19-3-1)55-42-43-86-80(49-55)56-20-14-22-64(47-56)91-65-23-15-21-57(48-65)85-89-52-63(53-90-85)71-29-9-8-28-70(71)62-45-60(68-26-6-4-24-66(68)58-38-40-78(87-50-58)76-34-16-32-74-72-30-10-12-36-81(72)92-83(74)76)44-61(46-62)69-27-7-5-25-67(69)59-39-41-79(88-51-59)77-35-17-33-75-73-31-11-13-37-82(73)93-84(75)77/h1-53H. The summed E-state index contributed by atoms with van der Waals surface area (Å²) < 4.78 is 19.4. The first-order chi connectivity index (χ1) is 46.1. The number of aromatic nitrogens is 5. The molecule has 0 amide bonds. The Bertz CT molecular complexity index is 5440. The van der Waals surface area contributed by atoms with Gasteiger partial charge in [0.2, 0.25) is 0 Å². The maximum absolute atomic E-state index is 6.51. The summed E-state index contributed by atoms with van der Waals surface area (Å²) in [6.45, 7) is 0. The first-order valence-corrected chi connectivity index (χ1v) is 31.0. The highest BCUT2D eigenvalue weighted by molar-refractivity contribution is 6.10. The lowest BCUT2D eigenvalue weighted by molar-refractivity contribution is 0.483. The molecule has 0 radical (unpaired) electrons. The molecule has 0 atom stereocenters. The zero-order valence-corrected chi connectivity index (χ0v) is 50.1. The topological polar surface area (TPSA) is 100.0 Å². The van der Waals surface area contributed by atoms with Gasteiger partial charge in [-0.15, -0.1) is 0 Å². The van der Waals surface area contributed by atoms with Gasteiger partial charge in [-0.2, -0.15) is 0 Å². The van der Waals surface area contributed by atoms with Gasteiger partial charge in [0.25, 0.3) is 0 Å². The Hall–Kier alpha value is -12.7. The van der Waals surface area contributed by atoms with Crippen molar-refractivity contribution in [2.45, 2.75) is 0 Å². The van der Waals surface area contributed by atoms with Gasteiger partial charge in [-0.3, -0.25) is 15.0 Å². The molecule has 17 aromatic rings. The quantitative estimate of drug-likeness (QED) is 0.113. The third-order valence-electron chi connectivity index (χ3n) is 17.4. The van der Waals surface area contributed by atoms with Gasteiger partial charge in [0.05, 0.1) is 17.1 Å². The Labute approximate surface area is 536 Å². The van der Waals surface area contributed by atoms with Crippen LogP contribution in [0.15, 0.2) is 331 Å².